The topological polar surface area (TPSA) is 50.9 Å². The van der Waals surface area contributed by atoms with E-state index in [0.717, 1.165) is 18.5 Å². The van der Waals surface area contributed by atoms with Crippen molar-refractivity contribution in [3.05, 3.63) is 42.2 Å². The minimum absolute atomic E-state index is 0.673. The summed E-state index contributed by atoms with van der Waals surface area (Å²) >= 11 is 0. The van der Waals surface area contributed by atoms with Crippen LogP contribution in [0.3, 0.4) is 0 Å². The Bertz CT molecular complexity index is 474. The third kappa shape index (κ3) is 1.43. The first-order chi connectivity index (χ1) is 7.28. The number of rotatable bonds is 2. The highest BCUT2D eigenvalue weighted by atomic mass is 16.3. The number of hydrogen-bond acceptors (Lipinski definition) is 3. The standard InChI is InChI=1S/C11H11N3O/c15-11(6-7-11)10-8-14(13-12-10)9-4-2-1-3-5-9/h1-5,8,15H,6-7H2. The van der Waals surface area contributed by atoms with Crippen LogP contribution in [0, 0.1) is 0 Å². The summed E-state index contributed by atoms with van der Waals surface area (Å²) in [5, 5.41) is 17.8. The van der Waals surface area contributed by atoms with Gasteiger partial charge in [-0.1, -0.05) is 23.4 Å². The fourth-order valence-corrected chi connectivity index (χ4v) is 1.56. The second kappa shape index (κ2) is 2.90. The average Bonchev–Trinajstić information content (AvgIpc) is 2.85. The Morgan fingerprint density at radius 1 is 1.20 bits per heavy atom. The molecule has 0 aliphatic heterocycles. The van der Waals surface area contributed by atoms with Crippen LogP contribution in [0.1, 0.15) is 18.5 Å². The molecule has 1 aliphatic rings. The van der Waals surface area contributed by atoms with Gasteiger partial charge in [0.2, 0.25) is 0 Å². The molecule has 4 heteroatoms. The van der Waals surface area contributed by atoms with Crippen molar-refractivity contribution in [3.8, 4) is 5.69 Å². The first-order valence-electron chi connectivity index (χ1n) is 4.99. The second-order valence-electron chi connectivity index (χ2n) is 3.92. The normalized spacial score (nSPS) is 17.7. The molecule has 1 aromatic heterocycles. The van der Waals surface area contributed by atoms with E-state index in [4.69, 9.17) is 0 Å². The van der Waals surface area contributed by atoms with Crippen molar-refractivity contribution in [2.45, 2.75) is 18.4 Å². The van der Waals surface area contributed by atoms with Crippen LogP contribution in [0.4, 0.5) is 0 Å². The van der Waals surface area contributed by atoms with Gasteiger partial charge in [0.05, 0.1) is 11.9 Å². The van der Waals surface area contributed by atoms with Crippen molar-refractivity contribution >= 4 is 0 Å². The Hall–Kier alpha value is -1.68. The van der Waals surface area contributed by atoms with Gasteiger partial charge in [0, 0.05) is 0 Å². The van der Waals surface area contributed by atoms with E-state index in [0.29, 0.717) is 5.69 Å². The molecule has 2 aromatic rings. The van der Waals surface area contributed by atoms with Crippen LogP contribution in [0.5, 0.6) is 0 Å². The van der Waals surface area contributed by atoms with E-state index in [2.05, 4.69) is 10.3 Å². The Morgan fingerprint density at radius 3 is 2.60 bits per heavy atom. The van der Waals surface area contributed by atoms with E-state index in [1.54, 1.807) is 10.9 Å². The highest BCUT2D eigenvalue weighted by molar-refractivity contribution is 5.31. The lowest BCUT2D eigenvalue weighted by Crippen LogP contribution is -2.04. The molecule has 76 valence electrons. The monoisotopic (exact) mass is 201 g/mol. The zero-order chi connectivity index (χ0) is 10.3. The van der Waals surface area contributed by atoms with Crippen molar-refractivity contribution in [2.24, 2.45) is 0 Å². The van der Waals surface area contributed by atoms with Gasteiger partial charge in [-0.05, 0) is 25.0 Å². The van der Waals surface area contributed by atoms with Gasteiger partial charge in [0.25, 0.3) is 0 Å². The maximum absolute atomic E-state index is 9.84. The molecule has 0 unspecified atom stereocenters. The molecule has 1 fully saturated rings. The molecular weight excluding hydrogens is 190 g/mol. The highest BCUT2D eigenvalue weighted by Gasteiger charge is 2.44. The summed E-state index contributed by atoms with van der Waals surface area (Å²) in [5.41, 5.74) is 0.930. The van der Waals surface area contributed by atoms with E-state index in [-0.39, 0.29) is 0 Å². The molecule has 1 saturated carbocycles. The van der Waals surface area contributed by atoms with Crippen LogP contribution < -0.4 is 0 Å². The molecule has 3 rings (SSSR count). The molecule has 4 nitrogen and oxygen atoms in total. The maximum atomic E-state index is 9.84. The van der Waals surface area contributed by atoms with Gasteiger partial charge >= 0.3 is 0 Å². The predicted molar refractivity (Wildman–Crippen MR) is 54.5 cm³/mol. The molecule has 1 aromatic carbocycles. The molecule has 1 heterocycles. The smallest absolute Gasteiger partial charge is 0.115 e. The third-order valence-electron chi connectivity index (χ3n) is 2.71. The molecule has 0 spiro atoms. The molecule has 0 amide bonds. The fourth-order valence-electron chi connectivity index (χ4n) is 1.56. The first kappa shape index (κ1) is 8.61. The Balaban J connectivity index is 1.97. The van der Waals surface area contributed by atoms with E-state index in [1.807, 2.05) is 30.3 Å². The van der Waals surface area contributed by atoms with Crippen molar-refractivity contribution < 1.29 is 5.11 Å². The van der Waals surface area contributed by atoms with Crippen LogP contribution in [0.25, 0.3) is 5.69 Å². The van der Waals surface area contributed by atoms with E-state index < -0.39 is 5.60 Å². The SMILES string of the molecule is OC1(c2cn(-c3ccccc3)nn2)CC1. The van der Waals surface area contributed by atoms with Gasteiger partial charge in [-0.25, -0.2) is 4.68 Å². The van der Waals surface area contributed by atoms with E-state index in [9.17, 15) is 5.11 Å². The number of nitrogens with zero attached hydrogens (tertiary/aromatic N) is 3. The lowest BCUT2D eigenvalue weighted by Gasteiger charge is -2.00. The Kier molecular flexibility index (Phi) is 1.67. The lowest BCUT2D eigenvalue weighted by atomic mass is 10.2. The van der Waals surface area contributed by atoms with Gasteiger partial charge in [-0.3, -0.25) is 0 Å². The largest absolute Gasteiger partial charge is 0.383 e. The first-order valence-corrected chi connectivity index (χ1v) is 4.99. The number of hydrogen-bond donors (Lipinski definition) is 1. The average molecular weight is 201 g/mol. The number of para-hydroxylation sites is 1. The quantitative estimate of drug-likeness (QED) is 0.795. The van der Waals surface area contributed by atoms with Crippen molar-refractivity contribution in [1.82, 2.24) is 15.0 Å². The molecule has 0 atom stereocenters. The second-order valence-corrected chi connectivity index (χ2v) is 3.92. The summed E-state index contributed by atoms with van der Waals surface area (Å²) in [7, 11) is 0. The summed E-state index contributed by atoms with van der Waals surface area (Å²) in [6.07, 6.45) is 3.38. The van der Waals surface area contributed by atoms with E-state index in [1.165, 1.54) is 0 Å². The Morgan fingerprint density at radius 2 is 1.93 bits per heavy atom. The summed E-state index contributed by atoms with van der Waals surface area (Å²) in [6.45, 7) is 0. The van der Waals surface area contributed by atoms with Crippen LogP contribution in [-0.4, -0.2) is 20.1 Å². The number of aliphatic hydroxyl groups is 1. The number of benzene rings is 1. The highest BCUT2D eigenvalue weighted by Crippen LogP contribution is 2.44. The molecule has 15 heavy (non-hydrogen) atoms. The summed E-state index contributed by atoms with van der Waals surface area (Å²) in [6, 6.07) is 9.76. The van der Waals surface area contributed by atoms with Gasteiger partial charge in [0.1, 0.15) is 11.3 Å². The van der Waals surface area contributed by atoms with Crippen LogP contribution >= 0.6 is 0 Å². The summed E-state index contributed by atoms with van der Waals surface area (Å²) in [4.78, 5) is 0. The molecule has 1 N–H and O–H groups in total. The molecule has 1 aliphatic carbocycles. The zero-order valence-corrected chi connectivity index (χ0v) is 8.17. The van der Waals surface area contributed by atoms with Crippen molar-refractivity contribution in [2.75, 3.05) is 0 Å². The van der Waals surface area contributed by atoms with E-state index >= 15 is 0 Å². The van der Waals surface area contributed by atoms with Gasteiger partial charge < -0.3 is 5.11 Å². The predicted octanol–water partition coefficient (Wildman–Crippen LogP) is 1.25. The van der Waals surface area contributed by atoms with Crippen molar-refractivity contribution in [1.29, 1.82) is 0 Å². The van der Waals surface area contributed by atoms with Crippen molar-refractivity contribution in [3.63, 3.8) is 0 Å². The lowest BCUT2D eigenvalue weighted by molar-refractivity contribution is 0.146. The Labute approximate surface area is 87.2 Å². The van der Waals surface area contributed by atoms with Gasteiger partial charge in [-0.2, -0.15) is 0 Å². The van der Waals surface area contributed by atoms with Crippen LogP contribution in [0.2, 0.25) is 0 Å². The fraction of sp³-hybridized carbons (Fsp3) is 0.273. The zero-order valence-electron chi connectivity index (χ0n) is 8.17. The number of aromatic nitrogens is 3. The maximum Gasteiger partial charge on any atom is 0.115 e. The molecule has 0 radical (unpaired) electrons. The van der Waals surface area contributed by atoms with Crippen LogP contribution in [-0.2, 0) is 5.60 Å². The third-order valence-corrected chi connectivity index (χ3v) is 2.71. The summed E-state index contributed by atoms with van der Waals surface area (Å²) < 4.78 is 1.69. The van der Waals surface area contributed by atoms with Crippen LogP contribution in [0.15, 0.2) is 36.5 Å². The minimum Gasteiger partial charge on any atom is -0.383 e. The summed E-state index contributed by atoms with van der Waals surface area (Å²) in [5.74, 6) is 0. The minimum atomic E-state index is -0.701. The molecule has 0 saturated heterocycles. The van der Waals surface area contributed by atoms with Gasteiger partial charge in [0.15, 0.2) is 0 Å². The molecular formula is C11H11N3O. The van der Waals surface area contributed by atoms with Gasteiger partial charge in [-0.15, -0.1) is 5.10 Å². The molecule has 0 bridgehead atoms.